The van der Waals surface area contributed by atoms with E-state index in [1.54, 1.807) is 0 Å². The van der Waals surface area contributed by atoms with Crippen LogP contribution in [0.3, 0.4) is 0 Å². The average molecular weight is 473 g/mol. The van der Waals surface area contributed by atoms with E-state index in [0.29, 0.717) is 6.54 Å². The van der Waals surface area contributed by atoms with E-state index in [0.717, 1.165) is 55.9 Å². The highest BCUT2D eigenvalue weighted by Gasteiger charge is 2.34. The van der Waals surface area contributed by atoms with Crippen LogP contribution in [0.15, 0.2) is 29.3 Å². The molecule has 1 heterocycles. The maximum absolute atomic E-state index is 10.6. The van der Waals surface area contributed by atoms with Gasteiger partial charge in [0.25, 0.3) is 0 Å². The molecule has 0 bridgehead atoms. The summed E-state index contributed by atoms with van der Waals surface area (Å²) in [5.74, 6) is 1.70. The number of fused-ring (bicyclic) bond motifs is 1. The number of benzene rings is 1. The lowest BCUT2D eigenvalue weighted by molar-refractivity contribution is 0.0569. The SMILES string of the molecule is CCNC(=NCC1(O)CCCC1)NC1CC(C)(C)Oc2ccccc21.I. The van der Waals surface area contributed by atoms with E-state index >= 15 is 0 Å². The van der Waals surface area contributed by atoms with Crippen LogP contribution < -0.4 is 15.4 Å². The monoisotopic (exact) mass is 473 g/mol. The third-order valence-electron chi connectivity index (χ3n) is 5.10. The van der Waals surface area contributed by atoms with Crippen LogP contribution >= 0.6 is 24.0 Å². The number of hydrogen-bond donors (Lipinski definition) is 3. The second kappa shape index (κ2) is 8.78. The fourth-order valence-electron chi connectivity index (χ4n) is 3.83. The van der Waals surface area contributed by atoms with Gasteiger partial charge < -0.3 is 20.5 Å². The minimum absolute atomic E-state index is 0. The Morgan fingerprint density at radius 3 is 2.65 bits per heavy atom. The maximum atomic E-state index is 10.6. The van der Waals surface area contributed by atoms with Gasteiger partial charge in [-0.05, 0) is 39.7 Å². The minimum atomic E-state index is -0.630. The second-order valence-electron chi connectivity index (χ2n) is 7.93. The van der Waals surface area contributed by atoms with Crippen LogP contribution in [0.2, 0.25) is 0 Å². The molecule has 146 valence electrons. The number of guanidine groups is 1. The van der Waals surface area contributed by atoms with Crippen molar-refractivity contribution in [3.05, 3.63) is 29.8 Å². The van der Waals surface area contributed by atoms with Crippen LogP contribution in [0.1, 0.15) is 64.5 Å². The molecule has 0 radical (unpaired) electrons. The van der Waals surface area contributed by atoms with Crippen molar-refractivity contribution in [3.63, 3.8) is 0 Å². The molecule has 3 rings (SSSR count). The number of aliphatic hydroxyl groups is 1. The van der Waals surface area contributed by atoms with Crippen LogP contribution in [-0.4, -0.2) is 35.4 Å². The lowest BCUT2D eigenvalue weighted by Crippen LogP contribution is -2.46. The Bertz CT molecular complexity index is 627. The number of para-hydroxylation sites is 1. The number of nitrogens with zero attached hydrogens (tertiary/aromatic N) is 1. The largest absolute Gasteiger partial charge is 0.487 e. The lowest BCUT2D eigenvalue weighted by Gasteiger charge is -2.38. The quantitative estimate of drug-likeness (QED) is 0.354. The van der Waals surface area contributed by atoms with Crippen LogP contribution in [0.5, 0.6) is 5.75 Å². The van der Waals surface area contributed by atoms with E-state index in [4.69, 9.17) is 4.74 Å². The van der Waals surface area contributed by atoms with Gasteiger partial charge in [0.1, 0.15) is 11.4 Å². The van der Waals surface area contributed by atoms with Gasteiger partial charge in [-0.15, -0.1) is 24.0 Å². The molecular formula is C20H32IN3O2. The van der Waals surface area contributed by atoms with Crippen LogP contribution in [-0.2, 0) is 0 Å². The Balaban J connectivity index is 0.00000243. The first-order valence-corrected chi connectivity index (χ1v) is 9.46. The smallest absolute Gasteiger partial charge is 0.191 e. The van der Waals surface area contributed by atoms with Crippen molar-refractivity contribution in [2.24, 2.45) is 4.99 Å². The molecule has 1 unspecified atom stereocenters. The summed E-state index contributed by atoms with van der Waals surface area (Å²) in [6, 6.07) is 8.31. The van der Waals surface area contributed by atoms with Crippen molar-refractivity contribution < 1.29 is 9.84 Å². The predicted octanol–water partition coefficient (Wildman–Crippen LogP) is 3.77. The van der Waals surface area contributed by atoms with Crippen molar-refractivity contribution in [1.82, 2.24) is 10.6 Å². The summed E-state index contributed by atoms with van der Waals surface area (Å²) in [5, 5.41) is 17.4. The molecule has 1 aromatic rings. The Morgan fingerprint density at radius 2 is 1.96 bits per heavy atom. The summed E-state index contributed by atoms with van der Waals surface area (Å²) in [4.78, 5) is 4.69. The Morgan fingerprint density at radius 1 is 1.27 bits per heavy atom. The Kier molecular flexibility index (Phi) is 7.19. The molecule has 0 saturated heterocycles. The standard InChI is InChI=1S/C20H31N3O2.HI/c1-4-21-18(22-14-20(24)11-7-8-12-20)23-16-13-19(2,3)25-17-10-6-5-9-15(16)17;/h5-6,9-10,16,24H,4,7-8,11-14H2,1-3H3,(H2,21,22,23);1H. The number of rotatable bonds is 4. The summed E-state index contributed by atoms with van der Waals surface area (Å²) in [6.45, 7) is 7.53. The van der Waals surface area contributed by atoms with Crippen LogP contribution in [0.4, 0.5) is 0 Å². The number of nitrogens with one attached hydrogen (secondary N) is 2. The van der Waals surface area contributed by atoms with E-state index in [2.05, 4.69) is 42.5 Å². The van der Waals surface area contributed by atoms with Crippen molar-refractivity contribution >= 4 is 29.9 Å². The maximum Gasteiger partial charge on any atom is 0.191 e. The van der Waals surface area contributed by atoms with Crippen molar-refractivity contribution in [1.29, 1.82) is 0 Å². The number of ether oxygens (including phenoxy) is 1. The molecule has 6 heteroatoms. The van der Waals surface area contributed by atoms with Gasteiger partial charge in [0.15, 0.2) is 5.96 Å². The van der Waals surface area contributed by atoms with E-state index in [-0.39, 0.29) is 35.6 Å². The second-order valence-corrected chi connectivity index (χ2v) is 7.93. The fourth-order valence-corrected chi connectivity index (χ4v) is 3.83. The van der Waals surface area contributed by atoms with Gasteiger partial charge in [-0.3, -0.25) is 4.99 Å². The number of halogens is 1. The van der Waals surface area contributed by atoms with Gasteiger partial charge >= 0.3 is 0 Å². The normalized spacial score (nSPS) is 23.4. The first kappa shape index (κ1) is 21.3. The highest BCUT2D eigenvalue weighted by molar-refractivity contribution is 14.0. The number of aliphatic imine (C=N–C) groups is 1. The first-order chi connectivity index (χ1) is 11.9. The molecule has 1 aliphatic carbocycles. The molecule has 1 saturated carbocycles. The third kappa shape index (κ3) is 5.25. The Labute approximate surface area is 174 Å². The molecular weight excluding hydrogens is 441 g/mol. The van der Waals surface area contributed by atoms with Crippen LogP contribution in [0, 0.1) is 0 Å². The van der Waals surface area contributed by atoms with E-state index in [9.17, 15) is 5.11 Å². The van der Waals surface area contributed by atoms with Gasteiger partial charge in [-0.1, -0.05) is 31.0 Å². The van der Waals surface area contributed by atoms with E-state index in [1.807, 2.05) is 18.2 Å². The van der Waals surface area contributed by atoms with Gasteiger partial charge in [-0.2, -0.15) is 0 Å². The van der Waals surface area contributed by atoms with Gasteiger partial charge in [0.2, 0.25) is 0 Å². The lowest BCUT2D eigenvalue weighted by atomic mass is 9.90. The molecule has 5 nitrogen and oxygen atoms in total. The molecule has 0 amide bonds. The first-order valence-electron chi connectivity index (χ1n) is 9.46. The molecule has 1 fully saturated rings. The summed E-state index contributed by atoms with van der Waals surface area (Å²) in [7, 11) is 0. The molecule has 0 spiro atoms. The third-order valence-corrected chi connectivity index (χ3v) is 5.10. The highest BCUT2D eigenvalue weighted by Crippen LogP contribution is 2.39. The molecule has 26 heavy (non-hydrogen) atoms. The van der Waals surface area contributed by atoms with Gasteiger partial charge in [0, 0.05) is 18.5 Å². The van der Waals surface area contributed by atoms with E-state index < -0.39 is 5.60 Å². The summed E-state index contributed by atoms with van der Waals surface area (Å²) < 4.78 is 6.11. The summed E-state index contributed by atoms with van der Waals surface area (Å²) >= 11 is 0. The number of hydrogen-bond acceptors (Lipinski definition) is 3. The van der Waals surface area contributed by atoms with Crippen molar-refractivity contribution in [2.45, 2.75) is 70.1 Å². The zero-order valence-corrected chi connectivity index (χ0v) is 18.4. The average Bonchev–Trinajstić information content (AvgIpc) is 2.99. The fraction of sp³-hybridized carbons (Fsp3) is 0.650. The predicted molar refractivity (Wildman–Crippen MR) is 116 cm³/mol. The molecule has 1 aliphatic heterocycles. The zero-order chi connectivity index (χ0) is 17.9. The molecule has 1 atom stereocenters. The van der Waals surface area contributed by atoms with Gasteiger partial charge in [0.05, 0.1) is 18.2 Å². The van der Waals surface area contributed by atoms with Gasteiger partial charge in [-0.25, -0.2) is 0 Å². The highest BCUT2D eigenvalue weighted by atomic mass is 127. The van der Waals surface area contributed by atoms with Crippen LogP contribution in [0.25, 0.3) is 0 Å². The Hall–Kier alpha value is -1.02. The minimum Gasteiger partial charge on any atom is -0.487 e. The molecule has 3 N–H and O–H groups in total. The molecule has 0 aromatic heterocycles. The summed E-state index contributed by atoms with van der Waals surface area (Å²) in [5.41, 5.74) is 0.300. The molecule has 2 aliphatic rings. The molecule has 1 aromatic carbocycles. The van der Waals surface area contributed by atoms with Crippen molar-refractivity contribution in [2.75, 3.05) is 13.1 Å². The van der Waals surface area contributed by atoms with Crippen molar-refractivity contribution in [3.8, 4) is 5.75 Å². The summed E-state index contributed by atoms with van der Waals surface area (Å²) in [6.07, 6.45) is 4.75. The topological polar surface area (TPSA) is 65.9 Å². The zero-order valence-electron chi connectivity index (χ0n) is 16.0. The van der Waals surface area contributed by atoms with E-state index in [1.165, 1.54) is 0 Å².